The zero-order chi connectivity index (χ0) is 9.26. The van der Waals surface area contributed by atoms with Crippen molar-refractivity contribution in [1.29, 1.82) is 0 Å². The average Bonchev–Trinajstić information content (AvgIpc) is 2.53. The van der Waals surface area contributed by atoms with Crippen molar-refractivity contribution in [1.82, 2.24) is 5.32 Å². The summed E-state index contributed by atoms with van der Waals surface area (Å²) in [6.07, 6.45) is 0. The minimum absolute atomic E-state index is 0.426. The maximum absolute atomic E-state index is 5.82. The summed E-state index contributed by atoms with van der Waals surface area (Å²) in [5, 5.41) is 3.28. The van der Waals surface area contributed by atoms with Gasteiger partial charge in [0.05, 0.1) is 6.54 Å². The van der Waals surface area contributed by atoms with Crippen LogP contribution in [0.1, 0.15) is 12.5 Å². The Hall–Kier alpha value is -1.51. The second-order valence-corrected chi connectivity index (χ2v) is 3.32. The smallest absolute Gasteiger partial charge is 0.130 e. The van der Waals surface area contributed by atoms with Gasteiger partial charge in [-0.3, -0.25) is 4.99 Å². The Kier molecular flexibility index (Phi) is 1.93. The lowest BCUT2D eigenvalue weighted by molar-refractivity contribution is 0.726. The molecule has 0 aliphatic carbocycles. The van der Waals surface area contributed by atoms with Crippen LogP contribution in [0.25, 0.3) is 0 Å². The third kappa shape index (κ3) is 1.49. The van der Waals surface area contributed by atoms with Crippen LogP contribution in [0, 0.1) is 0 Å². The second-order valence-electron chi connectivity index (χ2n) is 3.32. The third-order valence-corrected chi connectivity index (χ3v) is 2.12. The van der Waals surface area contributed by atoms with E-state index in [4.69, 9.17) is 5.73 Å². The summed E-state index contributed by atoms with van der Waals surface area (Å²) >= 11 is 0. The van der Waals surface area contributed by atoms with Gasteiger partial charge in [-0.1, -0.05) is 12.1 Å². The molecule has 0 fully saturated rings. The molecule has 68 valence electrons. The lowest BCUT2D eigenvalue weighted by Crippen LogP contribution is -2.28. The average molecular weight is 175 g/mol. The number of nitrogens with one attached hydrogen (secondary N) is 1. The highest BCUT2D eigenvalue weighted by Gasteiger charge is 2.15. The van der Waals surface area contributed by atoms with E-state index in [1.807, 2.05) is 24.3 Å². The molecule has 0 saturated carbocycles. The Morgan fingerprint density at radius 3 is 2.85 bits per heavy atom. The zero-order valence-electron chi connectivity index (χ0n) is 7.62. The highest BCUT2D eigenvalue weighted by Crippen LogP contribution is 2.13. The predicted octanol–water partition coefficient (Wildman–Crippen LogP) is 1.01. The van der Waals surface area contributed by atoms with Gasteiger partial charge in [-0.2, -0.15) is 0 Å². The van der Waals surface area contributed by atoms with E-state index in [0.717, 1.165) is 23.6 Å². The molecule has 1 atom stereocenters. The first-order valence-corrected chi connectivity index (χ1v) is 4.43. The lowest BCUT2D eigenvalue weighted by Gasteiger charge is -2.07. The van der Waals surface area contributed by atoms with Crippen LogP contribution in [-0.4, -0.2) is 18.4 Å². The summed E-state index contributed by atoms with van der Waals surface area (Å²) in [5.41, 5.74) is 7.61. The molecule has 0 bridgehead atoms. The first kappa shape index (κ1) is 8.10. The molecule has 1 aromatic carbocycles. The number of rotatable bonds is 1. The summed E-state index contributed by atoms with van der Waals surface area (Å²) < 4.78 is 0. The predicted molar refractivity (Wildman–Crippen MR) is 54.9 cm³/mol. The van der Waals surface area contributed by atoms with Gasteiger partial charge in [0.1, 0.15) is 5.84 Å². The number of benzene rings is 1. The van der Waals surface area contributed by atoms with E-state index in [-0.39, 0.29) is 0 Å². The van der Waals surface area contributed by atoms with Gasteiger partial charge in [-0.25, -0.2) is 0 Å². The number of para-hydroxylation sites is 1. The molecule has 3 nitrogen and oxygen atoms in total. The molecule has 1 aliphatic heterocycles. The molecule has 13 heavy (non-hydrogen) atoms. The van der Waals surface area contributed by atoms with Crippen molar-refractivity contribution in [2.75, 3.05) is 12.3 Å². The number of nitrogen functional groups attached to an aromatic ring is 1. The molecule has 0 saturated heterocycles. The van der Waals surface area contributed by atoms with Gasteiger partial charge < -0.3 is 11.1 Å². The van der Waals surface area contributed by atoms with E-state index < -0.39 is 0 Å². The molecule has 1 aromatic rings. The maximum Gasteiger partial charge on any atom is 0.130 e. The number of nitrogens with zero attached hydrogens (tertiary/aromatic N) is 1. The van der Waals surface area contributed by atoms with Gasteiger partial charge in [0, 0.05) is 17.3 Å². The van der Waals surface area contributed by atoms with Crippen molar-refractivity contribution >= 4 is 11.5 Å². The van der Waals surface area contributed by atoms with Crippen molar-refractivity contribution in [3.05, 3.63) is 29.8 Å². The molecule has 0 radical (unpaired) electrons. The van der Waals surface area contributed by atoms with E-state index in [1.54, 1.807) is 0 Å². The summed E-state index contributed by atoms with van der Waals surface area (Å²) in [6.45, 7) is 2.94. The molecule has 0 unspecified atom stereocenters. The molecule has 2 rings (SSSR count). The number of amidine groups is 1. The zero-order valence-corrected chi connectivity index (χ0v) is 7.62. The monoisotopic (exact) mass is 175 g/mol. The van der Waals surface area contributed by atoms with E-state index in [0.29, 0.717) is 6.04 Å². The topological polar surface area (TPSA) is 50.4 Å². The van der Waals surface area contributed by atoms with Crippen LogP contribution in [0.2, 0.25) is 0 Å². The van der Waals surface area contributed by atoms with Gasteiger partial charge >= 0.3 is 0 Å². The van der Waals surface area contributed by atoms with Crippen molar-refractivity contribution in [2.24, 2.45) is 4.99 Å². The number of anilines is 1. The summed E-state index contributed by atoms with van der Waals surface area (Å²) in [5.74, 6) is 0.922. The molecule has 1 aliphatic rings. The van der Waals surface area contributed by atoms with Crippen LogP contribution < -0.4 is 11.1 Å². The van der Waals surface area contributed by atoms with Crippen LogP contribution in [0.4, 0.5) is 5.69 Å². The number of hydrogen-bond donors (Lipinski definition) is 2. The molecule has 0 amide bonds. The molecule has 1 heterocycles. The van der Waals surface area contributed by atoms with Gasteiger partial charge in [0.2, 0.25) is 0 Å². The quantitative estimate of drug-likeness (QED) is 0.626. The first-order valence-electron chi connectivity index (χ1n) is 4.43. The molecular formula is C10H13N3. The van der Waals surface area contributed by atoms with E-state index in [9.17, 15) is 0 Å². The van der Waals surface area contributed by atoms with Gasteiger partial charge in [-0.05, 0) is 19.1 Å². The number of nitrogens with two attached hydrogens (primary N) is 1. The summed E-state index contributed by atoms with van der Waals surface area (Å²) in [7, 11) is 0. The highest BCUT2D eigenvalue weighted by atomic mass is 15.1. The molecule has 0 aromatic heterocycles. The van der Waals surface area contributed by atoms with Crippen LogP contribution in [0.3, 0.4) is 0 Å². The maximum atomic E-state index is 5.82. The Bertz CT molecular complexity index is 344. The Morgan fingerprint density at radius 1 is 1.46 bits per heavy atom. The molecule has 0 spiro atoms. The Morgan fingerprint density at radius 2 is 2.23 bits per heavy atom. The van der Waals surface area contributed by atoms with Crippen LogP contribution in [0.15, 0.2) is 29.3 Å². The SMILES string of the molecule is C[C@@H]1CN=C(c2ccccc2N)N1. The van der Waals surface area contributed by atoms with Gasteiger partial charge in [0.25, 0.3) is 0 Å². The largest absolute Gasteiger partial charge is 0.398 e. The third-order valence-electron chi connectivity index (χ3n) is 2.12. The van der Waals surface area contributed by atoms with Crippen molar-refractivity contribution in [3.8, 4) is 0 Å². The molecule has 3 heteroatoms. The normalized spacial score (nSPS) is 21.0. The van der Waals surface area contributed by atoms with Gasteiger partial charge in [-0.15, -0.1) is 0 Å². The summed E-state index contributed by atoms with van der Waals surface area (Å²) in [4.78, 5) is 4.37. The van der Waals surface area contributed by atoms with Crippen LogP contribution in [0.5, 0.6) is 0 Å². The molecule has 3 N–H and O–H groups in total. The van der Waals surface area contributed by atoms with E-state index in [1.165, 1.54) is 0 Å². The number of hydrogen-bond acceptors (Lipinski definition) is 3. The fourth-order valence-corrected chi connectivity index (χ4v) is 1.43. The van der Waals surface area contributed by atoms with E-state index in [2.05, 4.69) is 17.2 Å². The summed E-state index contributed by atoms with van der Waals surface area (Å²) in [6, 6.07) is 8.20. The number of aliphatic imine (C=N–C) groups is 1. The fraction of sp³-hybridized carbons (Fsp3) is 0.300. The van der Waals surface area contributed by atoms with Crippen LogP contribution in [-0.2, 0) is 0 Å². The van der Waals surface area contributed by atoms with Crippen LogP contribution >= 0.6 is 0 Å². The fourth-order valence-electron chi connectivity index (χ4n) is 1.43. The second kappa shape index (κ2) is 3.09. The minimum atomic E-state index is 0.426. The van der Waals surface area contributed by atoms with Crippen molar-refractivity contribution < 1.29 is 0 Å². The van der Waals surface area contributed by atoms with Crippen molar-refractivity contribution in [3.63, 3.8) is 0 Å². The standard InChI is InChI=1S/C10H13N3/c1-7-6-12-10(13-7)8-4-2-3-5-9(8)11/h2-5,7H,6,11H2,1H3,(H,12,13)/t7-/m1/s1. The lowest BCUT2D eigenvalue weighted by atomic mass is 10.1. The van der Waals surface area contributed by atoms with Gasteiger partial charge in [0.15, 0.2) is 0 Å². The minimum Gasteiger partial charge on any atom is -0.398 e. The van der Waals surface area contributed by atoms with Crippen molar-refractivity contribution in [2.45, 2.75) is 13.0 Å². The highest BCUT2D eigenvalue weighted by molar-refractivity contribution is 6.04. The Balaban J connectivity index is 2.31. The van der Waals surface area contributed by atoms with E-state index >= 15 is 0 Å². The first-order chi connectivity index (χ1) is 6.27. The Labute approximate surface area is 77.7 Å². The molecular weight excluding hydrogens is 162 g/mol.